The van der Waals surface area contributed by atoms with E-state index in [1.165, 1.54) is 12.1 Å². The number of rotatable bonds is 2. The Balaban J connectivity index is 1.56. The predicted molar refractivity (Wildman–Crippen MR) is 99.9 cm³/mol. The highest BCUT2D eigenvalue weighted by molar-refractivity contribution is 6.34. The molecular formula is C19H19ClF3N5O. The number of hydrazine groups is 1. The molecule has 0 saturated carbocycles. The van der Waals surface area contributed by atoms with Gasteiger partial charge >= 0.3 is 6.18 Å². The van der Waals surface area contributed by atoms with Gasteiger partial charge in [-0.15, -0.1) is 0 Å². The molecule has 2 aromatic rings. The van der Waals surface area contributed by atoms with Crippen molar-refractivity contribution in [3.05, 3.63) is 58.6 Å². The van der Waals surface area contributed by atoms with Crippen molar-refractivity contribution in [1.29, 1.82) is 0 Å². The minimum Gasteiger partial charge on any atom is -0.334 e. The third-order valence-corrected chi connectivity index (χ3v) is 6.11. The monoisotopic (exact) mass is 425 g/mol. The first-order valence-electron chi connectivity index (χ1n) is 9.22. The Morgan fingerprint density at radius 2 is 2.07 bits per heavy atom. The number of alkyl halides is 3. The molecule has 0 bridgehead atoms. The molecule has 4 unspecified atom stereocenters. The fraction of sp³-hybridized carbons (Fsp3) is 0.421. The lowest BCUT2D eigenvalue weighted by Crippen LogP contribution is -2.56. The third-order valence-electron chi connectivity index (χ3n) is 5.71. The van der Waals surface area contributed by atoms with Crippen LogP contribution in [0.2, 0.25) is 5.02 Å². The molecule has 2 aliphatic heterocycles. The van der Waals surface area contributed by atoms with Crippen LogP contribution >= 0.6 is 11.6 Å². The first-order valence-corrected chi connectivity index (χ1v) is 9.60. The van der Waals surface area contributed by atoms with E-state index in [-0.39, 0.29) is 29.6 Å². The molecule has 0 spiro atoms. The Kier molecular flexibility index (Phi) is 5.22. The summed E-state index contributed by atoms with van der Waals surface area (Å²) < 4.78 is 39.5. The maximum atomic E-state index is 13.2. The van der Waals surface area contributed by atoms with Crippen molar-refractivity contribution in [2.75, 3.05) is 6.54 Å². The molecule has 4 atom stereocenters. The molecule has 1 amide bonds. The minimum atomic E-state index is -4.62. The second kappa shape index (κ2) is 7.55. The zero-order valence-corrected chi connectivity index (χ0v) is 16.2. The lowest BCUT2D eigenvalue weighted by atomic mass is 9.82. The van der Waals surface area contributed by atoms with Crippen LogP contribution in [0.5, 0.6) is 0 Å². The van der Waals surface area contributed by atoms with Gasteiger partial charge in [0.25, 0.3) is 5.91 Å². The summed E-state index contributed by atoms with van der Waals surface area (Å²) in [6.45, 7) is 2.29. The van der Waals surface area contributed by atoms with E-state index in [4.69, 9.17) is 11.6 Å². The topological polar surface area (TPSA) is 70.2 Å². The second-order valence-electron chi connectivity index (χ2n) is 7.28. The van der Waals surface area contributed by atoms with Crippen molar-refractivity contribution < 1.29 is 18.0 Å². The van der Waals surface area contributed by atoms with E-state index < -0.39 is 22.7 Å². The fourth-order valence-corrected chi connectivity index (χ4v) is 4.55. The molecule has 2 fully saturated rings. The summed E-state index contributed by atoms with van der Waals surface area (Å²) in [5, 5.41) is -0.561. The van der Waals surface area contributed by atoms with Crippen LogP contribution in [0.3, 0.4) is 0 Å². The number of halogens is 4. The maximum Gasteiger partial charge on any atom is 0.417 e. The van der Waals surface area contributed by atoms with Crippen LogP contribution in [0.15, 0.2) is 36.8 Å². The molecular weight excluding hydrogens is 407 g/mol. The lowest BCUT2D eigenvalue weighted by molar-refractivity contribution is -0.137. The van der Waals surface area contributed by atoms with Crippen LogP contribution in [0.1, 0.15) is 41.0 Å². The van der Waals surface area contributed by atoms with Crippen LogP contribution in [0.25, 0.3) is 0 Å². The highest BCUT2D eigenvalue weighted by Gasteiger charge is 2.46. The van der Waals surface area contributed by atoms with Gasteiger partial charge in [-0.1, -0.05) is 17.7 Å². The van der Waals surface area contributed by atoms with Gasteiger partial charge in [-0.05, 0) is 25.5 Å². The molecule has 154 valence electrons. The fourth-order valence-electron chi connectivity index (χ4n) is 4.24. The van der Waals surface area contributed by atoms with Crippen molar-refractivity contribution >= 4 is 17.5 Å². The number of fused-ring (bicyclic) bond motifs is 1. The van der Waals surface area contributed by atoms with E-state index in [1.807, 2.05) is 6.92 Å². The molecule has 10 heteroatoms. The Morgan fingerprint density at radius 3 is 2.76 bits per heavy atom. The van der Waals surface area contributed by atoms with Gasteiger partial charge < -0.3 is 4.90 Å². The second-order valence-corrected chi connectivity index (χ2v) is 7.66. The summed E-state index contributed by atoms with van der Waals surface area (Å²) in [6, 6.07) is 3.04. The summed E-state index contributed by atoms with van der Waals surface area (Å²) in [7, 11) is 0. The number of likely N-dealkylation sites (tertiary alicyclic amines) is 1. The van der Waals surface area contributed by atoms with Gasteiger partial charge in [0, 0.05) is 36.9 Å². The Morgan fingerprint density at radius 1 is 1.28 bits per heavy atom. The maximum absolute atomic E-state index is 13.2. The van der Waals surface area contributed by atoms with Crippen molar-refractivity contribution in [2.45, 2.75) is 37.6 Å². The number of amides is 1. The largest absolute Gasteiger partial charge is 0.417 e. The lowest BCUT2D eigenvalue weighted by Gasteiger charge is -2.41. The van der Waals surface area contributed by atoms with E-state index >= 15 is 0 Å². The van der Waals surface area contributed by atoms with E-state index in [0.29, 0.717) is 13.0 Å². The summed E-state index contributed by atoms with van der Waals surface area (Å²) in [5.74, 6) is -0.334. The summed E-state index contributed by atoms with van der Waals surface area (Å²) in [5.41, 5.74) is 6.10. The number of carbonyl (C=O) groups is 1. The SMILES string of the molecule is CC1C2NNC(c3cnccn3)C2CCN1C(=O)c1cccc(C(F)(F)F)c1Cl. The smallest absolute Gasteiger partial charge is 0.334 e. The first kappa shape index (κ1) is 20.1. The Bertz CT molecular complexity index is 910. The summed E-state index contributed by atoms with van der Waals surface area (Å²) in [6.07, 6.45) is 0.978. The number of benzene rings is 1. The molecule has 4 rings (SSSR count). The molecule has 29 heavy (non-hydrogen) atoms. The van der Waals surface area contributed by atoms with Crippen LogP contribution < -0.4 is 10.9 Å². The highest BCUT2D eigenvalue weighted by Crippen LogP contribution is 2.39. The van der Waals surface area contributed by atoms with Gasteiger partial charge in [0.1, 0.15) is 0 Å². The Labute approximate surface area is 170 Å². The quantitative estimate of drug-likeness (QED) is 0.773. The summed E-state index contributed by atoms with van der Waals surface area (Å²) >= 11 is 5.96. The molecule has 0 radical (unpaired) electrons. The normalized spacial score (nSPS) is 27.0. The number of aromatic nitrogens is 2. The van der Waals surface area contributed by atoms with Crippen molar-refractivity contribution in [1.82, 2.24) is 25.7 Å². The number of hydrogen-bond donors (Lipinski definition) is 2. The molecule has 1 aromatic carbocycles. The standard InChI is InChI=1S/C19H19ClF3N5O/c1-10-16-12(17(27-26-16)14-9-24-6-7-25-14)5-8-28(10)18(29)11-3-2-4-13(15(11)20)19(21,22)23/h2-4,6-7,9-10,12,16-17,26-27H,5,8H2,1H3. The number of hydrogen-bond acceptors (Lipinski definition) is 5. The molecule has 2 aliphatic rings. The minimum absolute atomic E-state index is 0.0504. The molecule has 0 aliphatic carbocycles. The molecule has 2 N–H and O–H groups in total. The molecule has 3 heterocycles. The number of carbonyl (C=O) groups excluding carboxylic acids is 1. The molecule has 6 nitrogen and oxygen atoms in total. The van der Waals surface area contributed by atoms with Crippen LogP contribution in [0.4, 0.5) is 13.2 Å². The Hall–Kier alpha value is -2.23. The van der Waals surface area contributed by atoms with Crippen LogP contribution in [-0.2, 0) is 6.18 Å². The molecule has 1 aromatic heterocycles. The van der Waals surface area contributed by atoms with E-state index in [1.54, 1.807) is 23.5 Å². The van der Waals surface area contributed by atoms with Gasteiger partial charge in [-0.2, -0.15) is 13.2 Å². The van der Waals surface area contributed by atoms with Crippen LogP contribution in [-0.4, -0.2) is 39.4 Å². The van der Waals surface area contributed by atoms with Gasteiger partial charge in [0.2, 0.25) is 0 Å². The zero-order chi connectivity index (χ0) is 20.8. The van der Waals surface area contributed by atoms with Crippen LogP contribution in [0, 0.1) is 5.92 Å². The average molecular weight is 426 g/mol. The average Bonchev–Trinajstić information content (AvgIpc) is 3.13. The van der Waals surface area contributed by atoms with E-state index in [9.17, 15) is 18.0 Å². The van der Waals surface area contributed by atoms with Gasteiger partial charge in [-0.25, -0.2) is 5.43 Å². The predicted octanol–water partition coefficient (Wildman–Crippen LogP) is 3.22. The van der Waals surface area contributed by atoms with Gasteiger partial charge in [0.05, 0.1) is 34.1 Å². The number of nitrogens with zero attached hydrogens (tertiary/aromatic N) is 3. The van der Waals surface area contributed by atoms with Crippen molar-refractivity contribution in [2.24, 2.45) is 5.92 Å². The van der Waals surface area contributed by atoms with Gasteiger partial charge in [0.15, 0.2) is 0 Å². The third kappa shape index (κ3) is 3.58. The van der Waals surface area contributed by atoms with E-state index in [0.717, 1.165) is 11.8 Å². The zero-order valence-electron chi connectivity index (χ0n) is 15.4. The van der Waals surface area contributed by atoms with Crippen molar-refractivity contribution in [3.8, 4) is 0 Å². The van der Waals surface area contributed by atoms with E-state index in [2.05, 4.69) is 20.8 Å². The van der Waals surface area contributed by atoms with Crippen molar-refractivity contribution in [3.63, 3.8) is 0 Å². The molecule has 2 saturated heterocycles. The number of nitrogens with one attached hydrogen (secondary N) is 2. The summed E-state index contributed by atoms with van der Waals surface area (Å²) in [4.78, 5) is 23.1. The number of piperidine rings is 1. The first-order chi connectivity index (χ1) is 13.8. The highest BCUT2D eigenvalue weighted by atomic mass is 35.5. The van der Waals surface area contributed by atoms with Gasteiger partial charge in [-0.3, -0.25) is 20.2 Å².